The maximum absolute atomic E-state index is 12.9. The Kier molecular flexibility index (Phi) is 6.73. The molecule has 1 saturated heterocycles. The number of carbonyl (C=O) groups excluding carboxylic acids is 3. The number of nitrogens with zero attached hydrogens (tertiary/aromatic N) is 2. The van der Waals surface area contributed by atoms with Crippen molar-refractivity contribution < 1.29 is 19.1 Å². The van der Waals surface area contributed by atoms with Gasteiger partial charge in [-0.3, -0.25) is 14.4 Å². The van der Waals surface area contributed by atoms with Gasteiger partial charge in [0.2, 0.25) is 11.8 Å². The molecule has 0 unspecified atom stereocenters. The first-order valence-electron chi connectivity index (χ1n) is 9.91. The summed E-state index contributed by atoms with van der Waals surface area (Å²) in [6.07, 6.45) is 2.54. The van der Waals surface area contributed by atoms with Crippen molar-refractivity contribution in [1.82, 2.24) is 15.5 Å². The van der Waals surface area contributed by atoms with Gasteiger partial charge in [-0.15, -0.1) is 0 Å². The molecule has 1 fully saturated rings. The van der Waals surface area contributed by atoms with Crippen LogP contribution >= 0.6 is 0 Å². The Labute approximate surface area is 165 Å². The first kappa shape index (κ1) is 20.0. The van der Waals surface area contributed by atoms with Crippen LogP contribution < -0.4 is 20.3 Å². The fourth-order valence-electron chi connectivity index (χ4n) is 3.57. The maximum atomic E-state index is 12.9. The van der Waals surface area contributed by atoms with Crippen molar-refractivity contribution in [3.8, 4) is 5.75 Å². The van der Waals surface area contributed by atoms with E-state index < -0.39 is 6.10 Å². The summed E-state index contributed by atoms with van der Waals surface area (Å²) in [5.41, 5.74) is 0.776. The lowest BCUT2D eigenvalue weighted by molar-refractivity contribution is -0.139. The molecule has 0 saturated carbocycles. The number of likely N-dealkylation sites (N-methyl/N-ethyl adjacent to an activating group) is 1. The molecule has 3 amide bonds. The summed E-state index contributed by atoms with van der Waals surface area (Å²) in [5, 5.41) is 5.27. The van der Waals surface area contributed by atoms with E-state index in [4.69, 9.17) is 4.74 Å². The van der Waals surface area contributed by atoms with E-state index in [-0.39, 0.29) is 30.8 Å². The largest absolute Gasteiger partial charge is 0.477 e. The second-order valence-electron chi connectivity index (χ2n) is 7.07. The number of hydrogen-bond donors (Lipinski definition) is 2. The number of rotatable bonds is 6. The number of piperidine rings is 1. The molecule has 152 valence electrons. The molecule has 0 radical (unpaired) electrons. The van der Waals surface area contributed by atoms with Gasteiger partial charge in [0.1, 0.15) is 5.75 Å². The molecule has 0 bridgehead atoms. The Morgan fingerprint density at radius 1 is 1.07 bits per heavy atom. The Hall–Kier alpha value is -2.77. The van der Waals surface area contributed by atoms with E-state index in [1.54, 1.807) is 0 Å². The van der Waals surface area contributed by atoms with Crippen LogP contribution in [0.15, 0.2) is 24.3 Å². The highest BCUT2D eigenvalue weighted by Gasteiger charge is 2.34. The third-order valence-electron chi connectivity index (χ3n) is 4.96. The fourth-order valence-corrected chi connectivity index (χ4v) is 3.57. The van der Waals surface area contributed by atoms with Gasteiger partial charge in [0.15, 0.2) is 6.10 Å². The normalized spacial score (nSPS) is 18.7. The van der Waals surface area contributed by atoms with Crippen molar-refractivity contribution in [3.05, 3.63) is 24.3 Å². The van der Waals surface area contributed by atoms with Crippen LogP contribution in [0.2, 0.25) is 0 Å². The number of benzene rings is 1. The lowest BCUT2D eigenvalue weighted by atomic mass is 10.1. The molecule has 0 spiro atoms. The number of amides is 3. The number of anilines is 1. The molecule has 1 aromatic rings. The minimum atomic E-state index is -0.635. The van der Waals surface area contributed by atoms with Crippen LogP contribution in [-0.4, -0.2) is 68.0 Å². The number of fused-ring (bicyclic) bond motifs is 1. The number of likely N-dealkylation sites (tertiary alicyclic amines) is 1. The van der Waals surface area contributed by atoms with Gasteiger partial charge in [-0.2, -0.15) is 0 Å². The van der Waals surface area contributed by atoms with E-state index >= 15 is 0 Å². The van der Waals surface area contributed by atoms with Crippen molar-refractivity contribution in [1.29, 1.82) is 0 Å². The summed E-state index contributed by atoms with van der Waals surface area (Å²) < 4.78 is 5.96. The monoisotopic (exact) mass is 388 g/mol. The molecule has 0 aliphatic carbocycles. The summed E-state index contributed by atoms with van der Waals surface area (Å²) in [6.45, 7) is 4.16. The molecular weight excluding hydrogens is 360 g/mol. The Morgan fingerprint density at radius 3 is 2.57 bits per heavy atom. The molecule has 8 heteroatoms. The van der Waals surface area contributed by atoms with Crippen LogP contribution in [0.3, 0.4) is 0 Å². The minimum Gasteiger partial charge on any atom is -0.477 e. The van der Waals surface area contributed by atoms with Crippen LogP contribution in [0.4, 0.5) is 5.69 Å². The molecular formula is C20H28N4O4. The van der Waals surface area contributed by atoms with Crippen molar-refractivity contribution in [2.45, 2.75) is 32.3 Å². The highest BCUT2D eigenvalue weighted by Crippen LogP contribution is 2.33. The zero-order chi connectivity index (χ0) is 19.9. The fraction of sp³-hybridized carbons (Fsp3) is 0.550. The molecule has 0 aromatic heterocycles. The number of ether oxygens (including phenoxy) is 1. The van der Waals surface area contributed by atoms with Crippen LogP contribution in [0.25, 0.3) is 0 Å². The topological polar surface area (TPSA) is 91.0 Å². The molecule has 8 nitrogen and oxygen atoms in total. The molecule has 3 rings (SSSR count). The third-order valence-corrected chi connectivity index (χ3v) is 4.96. The van der Waals surface area contributed by atoms with Gasteiger partial charge in [-0.25, -0.2) is 0 Å². The van der Waals surface area contributed by atoms with Gasteiger partial charge in [0.25, 0.3) is 5.91 Å². The lowest BCUT2D eigenvalue weighted by Gasteiger charge is -2.38. The predicted molar refractivity (Wildman–Crippen MR) is 105 cm³/mol. The summed E-state index contributed by atoms with van der Waals surface area (Å²) >= 11 is 0. The highest BCUT2D eigenvalue weighted by molar-refractivity contribution is 5.88. The quantitative estimate of drug-likeness (QED) is 0.741. The predicted octanol–water partition coefficient (Wildman–Crippen LogP) is 0.519. The second-order valence-corrected chi connectivity index (χ2v) is 7.07. The second kappa shape index (κ2) is 9.43. The Balaban J connectivity index is 1.66. The van der Waals surface area contributed by atoms with E-state index in [9.17, 15) is 14.4 Å². The van der Waals surface area contributed by atoms with Gasteiger partial charge < -0.3 is 25.2 Å². The number of carbonyl (C=O) groups is 3. The number of nitrogens with one attached hydrogen (secondary N) is 2. The van der Waals surface area contributed by atoms with Crippen molar-refractivity contribution in [2.75, 3.05) is 44.2 Å². The molecule has 1 atom stereocenters. The summed E-state index contributed by atoms with van der Waals surface area (Å²) in [6, 6.07) is 7.40. The SMILES string of the molecule is CCNC(=O)CNC(=O)CN1C[C@@H](C(=O)N2CCCCC2)Oc2ccccc21. The third kappa shape index (κ3) is 4.94. The smallest absolute Gasteiger partial charge is 0.265 e. The zero-order valence-electron chi connectivity index (χ0n) is 16.3. The molecule has 2 N–H and O–H groups in total. The van der Waals surface area contributed by atoms with E-state index in [2.05, 4.69) is 10.6 Å². The average Bonchev–Trinajstić information content (AvgIpc) is 2.72. The maximum Gasteiger partial charge on any atom is 0.265 e. The number of hydrogen-bond acceptors (Lipinski definition) is 5. The zero-order valence-corrected chi connectivity index (χ0v) is 16.3. The van der Waals surface area contributed by atoms with E-state index in [1.165, 1.54) is 0 Å². The highest BCUT2D eigenvalue weighted by atomic mass is 16.5. The van der Waals surface area contributed by atoms with Gasteiger partial charge in [-0.05, 0) is 38.3 Å². The summed E-state index contributed by atoms with van der Waals surface area (Å²) in [7, 11) is 0. The summed E-state index contributed by atoms with van der Waals surface area (Å²) in [5.74, 6) is 0.0751. The molecule has 28 heavy (non-hydrogen) atoms. The van der Waals surface area contributed by atoms with E-state index in [0.29, 0.717) is 18.8 Å². The molecule has 1 aromatic carbocycles. The van der Waals surface area contributed by atoms with Gasteiger partial charge in [0, 0.05) is 19.6 Å². The van der Waals surface area contributed by atoms with Crippen LogP contribution in [0.1, 0.15) is 26.2 Å². The van der Waals surface area contributed by atoms with Crippen molar-refractivity contribution in [2.24, 2.45) is 0 Å². The van der Waals surface area contributed by atoms with Crippen molar-refractivity contribution in [3.63, 3.8) is 0 Å². The average molecular weight is 388 g/mol. The van der Waals surface area contributed by atoms with E-state index in [1.807, 2.05) is 41.0 Å². The van der Waals surface area contributed by atoms with Crippen LogP contribution in [-0.2, 0) is 14.4 Å². The number of para-hydroxylation sites is 2. The van der Waals surface area contributed by atoms with E-state index in [0.717, 1.165) is 38.0 Å². The van der Waals surface area contributed by atoms with Crippen LogP contribution in [0.5, 0.6) is 5.75 Å². The minimum absolute atomic E-state index is 0.0260. The molecule has 2 aliphatic heterocycles. The standard InChI is InChI=1S/C20H28N4O4/c1-2-21-18(25)12-22-19(26)14-24-13-17(20(27)23-10-6-3-7-11-23)28-16-9-5-4-8-15(16)24/h4-5,8-9,17H,2-3,6-7,10-14H2,1H3,(H,21,25)(H,22,26)/t17-/m0/s1. The first-order chi connectivity index (χ1) is 13.6. The van der Waals surface area contributed by atoms with Gasteiger partial charge >= 0.3 is 0 Å². The molecule has 2 aliphatic rings. The Morgan fingerprint density at radius 2 is 1.82 bits per heavy atom. The first-order valence-corrected chi connectivity index (χ1v) is 9.91. The Bertz CT molecular complexity index is 718. The van der Waals surface area contributed by atoms with Crippen LogP contribution in [0, 0.1) is 0 Å². The summed E-state index contributed by atoms with van der Waals surface area (Å²) in [4.78, 5) is 40.5. The van der Waals surface area contributed by atoms with Crippen molar-refractivity contribution >= 4 is 23.4 Å². The lowest BCUT2D eigenvalue weighted by Crippen LogP contribution is -2.53. The van der Waals surface area contributed by atoms with Gasteiger partial charge in [0.05, 0.1) is 25.3 Å². The van der Waals surface area contributed by atoms with Gasteiger partial charge in [-0.1, -0.05) is 12.1 Å². The molecule has 2 heterocycles.